The lowest BCUT2D eigenvalue weighted by Crippen LogP contribution is -2.09. The fourth-order valence-corrected chi connectivity index (χ4v) is 2.03. The van der Waals surface area contributed by atoms with Crippen LogP contribution in [-0.4, -0.2) is 16.1 Å². The summed E-state index contributed by atoms with van der Waals surface area (Å²) >= 11 is 10.6. The highest BCUT2D eigenvalue weighted by atomic mass is 35.5. The monoisotopic (exact) mass is 332 g/mol. The summed E-state index contributed by atoms with van der Waals surface area (Å²) in [6.45, 7) is 0. The van der Waals surface area contributed by atoms with Crippen LogP contribution < -0.4 is 5.73 Å². The maximum absolute atomic E-state index is 11.1. The van der Waals surface area contributed by atoms with E-state index >= 15 is 0 Å². The van der Waals surface area contributed by atoms with Crippen LogP contribution in [0.5, 0.6) is 0 Å². The Hall–Kier alpha value is -2.62. The van der Waals surface area contributed by atoms with Crippen LogP contribution in [0.1, 0.15) is 16.1 Å². The third-order valence-electron chi connectivity index (χ3n) is 2.78. The topological polar surface area (TPSA) is 100 Å². The van der Waals surface area contributed by atoms with E-state index in [2.05, 4.69) is 0 Å². The lowest BCUT2D eigenvalue weighted by atomic mass is 10.1. The van der Waals surface area contributed by atoms with E-state index < -0.39 is 5.97 Å². The molecule has 0 unspecified atom stereocenters. The number of nitriles is 1. The van der Waals surface area contributed by atoms with Gasteiger partial charge in [-0.1, -0.05) is 23.8 Å². The van der Waals surface area contributed by atoms with Crippen molar-refractivity contribution in [2.75, 3.05) is 0 Å². The maximum atomic E-state index is 11.1. The van der Waals surface area contributed by atoms with Crippen LogP contribution in [0.15, 0.2) is 40.3 Å². The van der Waals surface area contributed by atoms with E-state index in [1.54, 1.807) is 18.2 Å². The molecule has 0 bridgehead atoms. The summed E-state index contributed by atoms with van der Waals surface area (Å²) < 4.78 is 5.55. The molecule has 0 aliphatic carbocycles. The largest absolute Gasteiger partial charge is 0.478 e. The first-order valence-electron chi connectivity index (χ1n) is 5.97. The molecule has 1 aromatic heterocycles. The molecule has 0 atom stereocenters. The Morgan fingerprint density at radius 3 is 2.73 bits per heavy atom. The van der Waals surface area contributed by atoms with Gasteiger partial charge in [0.25, 0.3) is 0 Å². The van der Waals surface area contributed by atoms with Gasteiger partial charge in [-0.3, -0.25) is 0 Å². The molecule has 5 nitrogen and oxygen atoms in total. The van der Waals surface area contributed by atoms with E-state index in [0.717, 1.165) is 0 Å². The van der Waals surface area contributed by atoms with E-state index in [1.165, 1.54) is 18.2 Å². The van der Waals surface area contributed by atoms with E-state index in [4.69, 9.17) is 44.3 Å². The molecule has 3 N–H and O–H groups in total. The summed E-state index contributed by atoms with van der Waals surface area (Å²) in [6, 6.07) is 9.67. The maximum Gasteiger partial charge on any atom is 0.337 e. The highest BCUT2D eigenvalue weighted by Crippen LogP contribution is 2.27. The predicted molar refractivity (Wildman–Crippen MR) is 86.5 cm³/mol. The number of carbonyl (C=O) groups is 1. The quantitative estimate of drug-likeness (QED) is 0.505. The summed E-state index contributed by atoms with van der Waals surface area (Å²) in [5.74, 6) is -0.310. The van der Waals surface area contributed by atoms with Crippen LogP contribution in [-0.2, 0) is 0 Å². The zero-order valence-electron chi connectivity index (χ0n) is 11.0. The molecule has 0 spiro atoms. The van der Waals surface area contributed by atoms with Crippen molar-refractivity contribution in [1.29, 1.82) is 5.26 Å². The average Bonchev–Trinajstić information content (AvgIpc) is 2.93. The molecule has 7 heteroatoms. The second kappa shape index (κ2) is 6.43. The van der Waals surface area contributed by atoms with E-state index in [1.807, 2.05) is 6.07 Å². The molecule has 110 valence electrons. The fraction of sp³-hybridized carbons (Fsp3) is 0. The molecule has 1 heterocycles. The number of carboxylic acids is 1. The Morgan fingerprint density at radius 2 is 2.14 bits per heavy atom. The van der Waals surface area contributed by atoms with Crippen molar-refractivity contribution in [3.63, 3.8) is 0 Å². The first kappa shape index (κ1) is 15.8. The van der Waals surface area contributed by atoms with Crippen LogP contribution in [0, 0.1) is 11.3 Å². The number of rotatable bonds is 4. The average molecular weight is 333 g/mol. The molecular formula is C15H9ClN2O3S. The van der Waals surface area contributed by atoms with Gasteiger partial charge in [-0.05, 0) is 30.3 Å². The molecule has 2 aromatic rings. The number of aromatic carboxylic acids is 1. The number of thiocarbonyl (C=S) groups is 1. The Bertz CT molecular complexity index is 834. The molecule has 0 aliphatic rings. The van der Waals surface area contributed by atoms with Crippen molar-refractivity contribution in [3.05, 3.63) is 52.3 Å². The van der Waals surface area contributed by atoms with Gasteiger partial charge in [-0.2, -0.15) is 5.26 Å². The number of benzene rings is 1. The first-order chi connectivity index (χ1) is 10.4. The first-order valence-corrected chi connectivity index (χ1v) is 6.75. The normalized spacial score (nSPS) is 11.0. The predicted octanol–water partition coefficient (Wildman–Crippen LogP) is 3.49. The zero-order chi connectivity index (χ0) is 16.3. The van der Waals surface area contributed by atoms with Crippen LogP contribution in [0.2, 0.25) is 5.02 Å². The minimum absolute atomic E-state index is 0.0199. The summed E-state index contributed by atoms with van der Waals surface area (Å²) in [4.78, 5) is 11.1. The molecular weight excluding hydrogens is 324 g/mol. The summed E-state index contributed by atoms with van der Waals surface area (Å²) in [5, 5.41) is 18.1. The van der Waals surface area contributed by atoms with Gasteiger partial charge in [0.05, 0.1) is 16.2 Å². The highest BCUT2D eigenvalue weighted by Gasteiger charge is 2.12. The van der Waals surface area contributed by atoms with Crippen molar-refractivity contribution in [3.8, 4) is 17.4 Å². The fourth-order valence-electron chi connectivity index (χ4n) is 1.73. The highest BCUT2D eigenvalue weighted by molar-refractivity contribution is 7.80. The second-order valence-electron chi connectivity index (χ2n) is 4.24. The Morgan fingerprint density at radius 1 is 1.41 bits per heavy atom. The van der Waals surface area contributed by atoms with Crippen molar-refractivity contribution in [2.24, 2.45) is 5.73 Å². The molecule has 2 rings (SSSR count). The van der Waals surface area contributed by atoms with Crippen LogP contribution in [0.3, 0.4) is 0 Å². The number of carboxylic acid groups (broad SMARTS) is 1. The molecule has 22 heavy (non-hydrogen) atoms. The molecule has 0 saturated carbocycles. The van der Waals surface area contributed by atoms with E-state index in [0.29, 0.717) is 17.1 Å². The van der Waals surface area contributed by atoms with Gasteiger partial charge < -0.3 is 15.3 Å². The van der Waals surface area contributed by atoms with Gasteiger partial charge in [-0.15, -0.1) is 0 Å². The van der Waals surface area contributed by atoms with Crippen LogP contribution in [0.4, 0.5) is 0 Å². The number of nitrogens with zero attached hydrogens (tertiary/aromatic N) is 1. The van der Waals surface area contributed by atoms with Gasteiger partial charge >= 0.3 is 5.97 Å². The third-order valence-corrected chi connectivity index (χ3v) is 3.33. The van der Waals surface area contributed by atoms with Crippen molar-refractivity contribution in [1.82, 2.24) is 0 Å². The number of hydrogen-bond donors (Lipinski definition) is 2. The Kier molecular flexibility index (Phi) is 4.61. The number of furan rings is 1. The zero-order valence-corrected chi connectivity index (χ0v) is 12.6. The SMILES string of the molecule is N#CC(=Cc1ccc(-c2ccc(Cl)c(C(=O)O)c2)o1)C(N)=S. The van der Waals surface area contributed by atoms with E-state index in [9.17, 15) is 4.79 Å². The lowest BCUT2D eigenvalue weighted by Gasteiger charge is -2.02. The van der Waals surface area contributed by atoms with Gasteiger partial charge in [-0.25, -0.2) is 4.79 Å². The standard InChI is InChI=1S/C15H9ClN2O3S/c16-12-3-1-8(6-11(12)15(19)20)13-4-2-10(21-13)5-9(7-17)14(18)22/h1-6H,(H2,18,22)(H,19,20). The number of halogens is 1. The Labute approximate surface area is 136 Å². The van der Waals surface area contributed by atoms with Crippen molar-refractivity contribution >= 4 is 40.9 Å². The smallest absolute Gasteiger partial charge is 0.337 e. The molecule has 0 aliphatic heterocycles. The Balaban J connectivity index is 2.41. The summed E-state index contributed by atoms with van der Waals surface area (Å²) in [5.41, 5.74) is 6.06. The van der Waals surface area contributed by atoms with E-state index in [-0.39, 0.29) is 21.1 Å². The van der Waals surface area contributed by atoms with Gasteiger partial charge in [0.1, 0.15) is 22.6 Å². The van der Waals surface area contributed by atoms with Crippen LogP contribution in [0.25, 0.3) is 17.4 Å². The van der Waals surface area contributed by atoms with Crippen molar-refractivity contribution in [2.45, 2.75) is 0 Å². The minimum Gasteiger partial charge on any atom is -0.478 e. The summed E-state index contributed by atoms with van der Waals surface area (Å²) in [7, 11) is 0. The summed E-state index contributed by atoms with van der Waals surface area (Å²) in [6.07, 6.45) is 1.42. The molecule has 0 radical (unpaired) electrons. The van der Waals surface area contributed by atoms with Gasteiger partial charge in [0.2, 0.25) is 0 Å². The lowest BCUT2D eigenvalue weighted by molar-refractivity contribution is 0.0697. The van der Waals surface area contributed by atoms with Crippen molar-refractivity contribution < 1.29 is 14.3 Å². The number of nitrogens with two attached hydrogens (primary N) is 1. The molecule has 0 amide bonds. The molecule has 1 aromatic carbocycles. The molecule has 0 fully saturated rings. The molecule has 0 saturated heterocycles. The minimum atomic E-state index is -1.13. The second-order valence-corrected chi connectivity index (χ2v) is 5.08. The number of hydrogen-bond acceptors (Lipinski definition) is 4. The third kappa shape index (κ3) is 3.34. The van der Waals surface area contributed by atoms with Gasteiger partial charge in [0, 0.05) is 11.6 Å². The van der Waals surface area contributed by atoms with Gasteiger partial charge in [0.15, 0.2) is 0 Å². The van der Waals surface area contributed by atoms with Crippen LogP contribution >= 0.6 is 23.8 Å².